The summed E-state index contributed by atoms with van der Waals surface area (Å²) < 4.78 is 0. The van der Waals surface area contributed by atoms with Gasteiger partial charge in [0.15, 0.2) is 0 Å². The summed E-state index contributed by atoms with van der Waals surface area (Å²) in [5, 5.41) is 4.13. The lowest BCUT2D eigenvalue weighted by Crippen LogP contribution is -2.48. The smallest absolute Gasteiger partial charge is 0.255 e. The summed E-state index contributed by atoms with van der Waals surface area (Å²) in [6, 6.07) is 10.3. The number of nitrogens with one attached hydrogen (secondary N) is 1. The molecule has 4 rings (SSSR count). The molecule has 2 fully saturated rings. The Hall–Kier alpha value is -2.27. The van der Waals surface area contributed by atoms with Crippen LogP contribution in [-0.4, -0.2) is 48.0 Å². The van der Waals surface area contributed by atoms with Gasteiger partial charge in [0.05, 0.1) is 11.3 Å². The zero-order chi connectivity index (χ0) is 17.2. The summed E-state index contributed by atoms with van der Waals surface area (Å²) in [5.74, 6) is 0.0534. The molecule has 1 aliphatic heterocycles. The average molecular weight is 357 g/mol. The van der Waals surface area contributed by atoms with E-state index in [4.69, 9.17) is 11.6 Å². The molecule has 1 aromatic heterocycles. The number of nitrogens with zero attached hydrogens (tertiary/aromatic N) is 3. The summed E-state index contributed by atoms with van der Waals surface area (Å²) in [5.41, 5.74) is 2.70. The van der Waals surface area contributed by atoms with Crippen LogP contribution in [0.4, 0.5) is 11.4 Å². The first-order chi connectivity index (χ1) is 12.2. The van der Waals surface area contributed by atoms with Crippen LogP contribution in [0.1, 0.15) is 23.2 Å². The zero-order valence-corrected chi connectivity index (χ0v) is 14.7. The fourth-order valence-corrected chi connectivity index (χ4v) is 3.31. The van der Waals surface area contributed by atoms with Gasteiger partial charge in [0, 0.05) is 55.3 Å². The number of carbonyl (C=O) groups excluding carboxylic acids is 1. The molecule has 2 aromatic rings. The SMILES string of the molecule is O=C(c1cncc(NC2CC2)c1)N1CCN(c2cccc(Cl)c2)CC1. The molecule has 2 heterocycles. The number of piperazine rings is 1. The highest BCUT2D eigenvalue weighted by Crippen LogP contribution is 2.25. The lowest BCUT2D eigenvalue weighted by atomic mass is 10.2. The van der Waals surface area contributed by atoms with Crippen LogP contribution in [0.5, 0.6) is 0 Å². The van der Waals surface area contributed by atoms with Crippen LogP contribution in [0, 0.1) is 0 Å². The first-order valence-electron chi connectivity index (χ1n) is 8.70. The number of carbonyl (C=O) groups is 1. The molecule has 0 unspecified atom stereocenters. The Kier molecular flexibility index (Phi) is 4.49. The maximum absolute atomic E-state index is 12.8. The van der Waals surface area contributed by atoms with Crippen LogP contribution in [0.2, 0.25) is 5.02 Å². The molecular formula is C19H21ClN4O. The fraction of sp³-hybridized carbons (Fsp3) is 0.368. The summed E-state index contributed by atoms with van der Waals surface area (Å²) in [7, 11) is 0. The van der Waals surface area contributed by atoms with Crippen molar-refractivity contribution < 1.29 is 4.79 Å². The predicted molar refractivity (Wildman–Crippen MR) is 100 cm³/mol. The molecule has 0 radical (unpaired) electrons. The number of hydrogen-bond donors (Lipinski definition) is 1. The standard InChI is InChI=1S/C19H21ClN4O/c20-15-2-1-3-18(11-15)23-6-8-24(9-7-23)19(25)14-10-17(13-21-12-14)22-16-4-5-16/h1-3,10-13,16,22H,4-9H2. The highest BCUT2D eigenvalue weighted by atomic mass is 35.5. The van der Waals surface area contributed by atoms with E-state index in [1.807, 2.05) is 29.2 Å². The lowest BCUT2D eigenvalue weighted by Gasteiger charge is -2.36. The highest BCUT2D eigenvalue weighted by molar-refractivity contribution is 6.30. The highest BCUT2D eigenvalue weighted by Gasteiger charge is 2.24. The van der Waals surface area contributed by atoms with E-state index in [-0.39, 0.29) is 5.91 Å². The maximum atomic E-state index is 12.8. The normalized spacial score (nSPS) is 17.5. The second-order valence-electron chi connectivity index (χ2n) is 6.64. The molecule has 1 saturated heterocycles. The number of amides is 1. The van der Waals surface area contributed by atoms with Crippen molar-refractivity contribution in [3.8, 4) is 0 Å². The van der Waals surface area contributed by atoms with Gasteiger partial charge in [-0.1, -0.05) is 17.7 Å². The maximum Gasteiger partial charge on any atom is 0.255 e. The molecule has 25 heavy (non-hydrogen) atoms. The number of halogens is 1. The van der Waals surface area contributed by atoms with Crippen molar-refractivity contribution in [3.63, 3.8) is 0 Å². The van der Waals surface area contributed by atoms with Gasteiger partial charge < -0.3 is 15.1 Å². The first-order valence-corrected chi connectivity index (χ1v) is 9.08. The van der Waals surface area contributed by atoms with Crippen molar-refractivity contribution in [2.75, 3.05) is 36.4 Å². The minimum absolute atomic E-state index is 0.0534. The minimum atomic E-state index is 0.0534. The van der Waals surface area contributed by atoms with Crippen LogP contribution in [0.15, 0.2) is 42.7 Å². The van der Waals surface area contributed by atoms with Crippen LogP contribution in [0.3, 0.4) is 0 Å². The topological polar surface area (TPSA) is 48.5 Å². The van der Waals surface area contributed by atoms with Crippen molar-refractivity contribution >= 4 is 28.9 Å². The number of pyridine rings is 1. The van der Waals surface area contributed by atoms with Gasteiger partial charge in [-0.3, -0.25) is 9.78 Å². The number of benzene rings is 1. The van der Waals surface area contributed by atoms with E-state index in [1.54, 1.807) is 12.4 Å². The summed E-state index contributed by atoms with van der Waals surface area (Å²) in [6.07, 6.45) is 5.84. The molecule has 0 spiro atoms. The van der Waals surface area contributed by atoms with Gasteiger partial charge in [0.1, 0.15) is 0 Å². The second kappa shape index (κ2) is 6.92. The van der Waals surface area contributed by atoms with E-state index in [0.29, 0.717) is 24.7 Å². The van der Waals surface area contributed by atoms with Crippen LogP contribution < -0.4 is 10.2 Å². The molecule has 1 aromatic carbocycles. The molecule has 5 nitrogen and oxygen atoms in total. The zero-order valence-electron chi connectivity index (χ0n) is 14.0. The fourth-order valence-electron chi connectivity index (χ4n) is 3.12. The number of aromatic nitrogens is 1. The largest absolute Gasteiger partial charge is 0.381 e. The molecule has 1 saturated carbocycles. The summed E-state index contributed by atoms with van der Waals surface area (Å²) >= 11 is 6.07. The first kappa shape index (κ1) is 16.2. The Labute approximate surface area is 152 Å². The molecule has 1 amide bonds. The van der Waals surface area contributed by atoms with Crippen molar-refractivity contribution in [1.82, 2.24) is 9.88 Å². The van der Waals surface area contributed by atoms with E-state index in [9.17, 15) is 4.79 Å². The number of anilines is 2. The van der Waals surface area contributed by atoms with E-state index >= 15 is 0 Å². The molecule has 2 aliphatic rings. The Balaban J connectivity index is 1.39. The monoisotopic (exact) mass is 356 g/mol. The number of hydrogen-bond acceptors (Lipinski definition) is 4. The molecule has 0 atom stereocenters. The van der Waals surface area contributed by atoms with Crippen molar-refractivity contribution in [2.24, 2.45) is 0 Å². The summed E-state index contributed by atoms with van der Waals surface area (Å²) in [4.78, 5) is 21.2. The summed E-state index contributed by atoms with van der Waals surface area (Å²) in [6.45, 7) is 3.01. The van der Waals surface area contributed by atoms with E-state index in [0.717, 1.165) is 29.5 Å². The second-order valence-corrected chi connectivity index (χ2v) is 7.08. The van der Waals surface area contributed by atoms with Crippen LogP contribution in [0.25, 0.3) is 0 Å². The van der Waals surface area contributed by atoms with Gasteiger partial charge in [0.2, 0.25) is 0 Å². The molecule has 130 valence electrons. The Morgan fingerprint density at radius 2 is 1.92 bits per heavy atom. The number of rotatable bonds is 4. The Morgan fingerprint density at radius 1 is 1.12 bits per heavy atom. The van der Waals surface area contributed by atoms with Gasteiger partial charge in [-0.2, -0.15) is 0 Å². The third-order valence-corrected chi connectivity index (χ3v) is 4.91. The van der Waals surface area contributed by atoms with Crippen LogP contribution >= 0.6 is 11.6 Å². The van der Waals surface area contributed by atoms with Crippen molar-refractivity contribution in [1.29, 1.82) is 0 Å². The minimum Gasteiger partial charge on any atom is -0.381 e. The van der Waals surface area contributed by atoms with Gasteiger partial charge in [-0.25, -0.2) is 0 Å². The average Bonchev–Trinajstić information content (AvgIpc) is 3.45. The lowest BCUT2D eigenvalue weighted by molar-refractivity contribution is 0.0746. The van der Waals surface area contributed by atoms with Crippen molar-refractivity contribution in [3.05, 3.63) is 53.3 Å². The quantitative estimate of drug-likeness (QED) is 0.913. The Morgan fingerprint density at radius 3 is 2.64 bits per heavy atom. The molecular weight excluding hydrogens is 336 g/mol. The Bertz CT molecular complexity index is 770. The van der Waals surface area contributed by atoms with Gasteiger partial charge >= 0.3 is 0 Å². The third-order valence-electron chi connectivity index (χ3n) is 4.67. The predicted octanol–water partition coefficient (Wildman–Crippen LogP) is 3.27. The van der Waals surface area contributed by atoms with Crippen LogP contribution in [-0.2, 0) is 0 Å². The van der Waals surface area contributed by atoms with E-state index in [1.165, 1.54) is 12.8 Å². The molecule has 1 aliphatic carbocycles. The third kappa shape index (κ3) is 3.87. The van der Waals surface area contributed by atoms with E-state index in [2.05, 4.69) is 21.3 Å². The van der Waals surface area contributed by atoms with Gasteiger partial charge in [-0.15, -0.1) is 0 Å². The molecule has 1 N–H and O–H groups in total. The van der Waals surface area contributed by atoms with Gasteiger partial charge in [0.25, 0.3) is 5.91 Å². The molecule has 6 heteroatoms. The molecule has 0 bridgehead atoms. The van der Waals surface area contributed by atoms with E-state index < -0.39 is 0 Å². The van der Waals surface area contributed by atoms with Gasteiger partial charge in [-0.05, 0) is 37.1 Å². The van der Waals surface area contributed by atoms with Crippen molar-refractivity contribution in [2.45, 2.75) is 18.9 Å².